The molecule has 0 amide bonds. The number of methoxy groups -OCH3 is 1. The first-order chi connectivity index (χ1) is 15.4. The molecule has 7 nitrogen and oxygen atoms in total. The number of aryl methyl sites for hydroxylation is 1. The summed E-state index contributed by atoms with van der Waals surface area (Å²) in [4.78, 5) is 24.1. The maximum Gasteiger partial charge on any atom is 0.341 e. The Morgan fingerprint density at radius 3 is 2.62 bits per heavy atom. The van der Waals surface area contributed by atoms with Gasteiger partial charge in [0, 0.05) is 49.6 Å². The van der Waals surface area contributed by atoms with Crippen LogP contribution in [0.2, 0.25) is 5.02 Å². The van der Waals surface area contributed by atoms with E-state index in [1.165, 1.54) is 12.3 Å². The van der Waals surface area contributed by atoms with Crippen LogP contribution in [0, 0.1) is 6.92 Å². The van der Waals surface area contributed by atoms with Gasteiger partial charge in [0.1, 0.15) is 17.1 Å². The van der Waals surface area contributed by atoms with Gasteiger partial charge in [0.25, 0.3) is 0 Å². The van der Waals surface area contributed by atoms with Gasteiger partial charge in [0.2, 0.25) is 6.23 Å². The quantitative estimate of drug-likeness (QED) is 0.527. The standard InChI is InChI=1S/C24H22ClNO6/c1-14-4-6-15(7-5-14)23-26-13-17(24(28)29)20(27)11-19(26)16-10-18(25)22(12-21(16)32-23)31-9-3-8-30-2/h4-7,10-13,23H,3,8-9H2,1-2H3,(H,28,29). The number of aromatic carboxylic acids is 1. The summed E-state index contributed by atoms with van der Waals surface area (Å²) in [5, 5.41) is 9.82. The number of hydrogen-bond acceptors (Lipinski definition) is 5. The molecule has 32 heavy (non-hydrogen) atoms. The van der Waals surface area contributed by atoms with E-state index >= 15 is 0 Å². The molecule has 0 saturated heterocycles. The Labute approximate surface area is 189 Å². The highest BCUT2D eigenvalue weighted by Crippen LogP contribution is 2.44. The molecular formula is C24H22ClNO6. The summed E-state index contributed by atoms with van der Waals surface area (Å²) in [5.41, 5.74) is 2.06. The lowest BCUT2D eigenvalue weighted by Gasteiger charge is -2.32. The number of halogens is 1. The van der Waals surface area contributed by atoms with Gasteiger partial charge in [0.15, 0.2) is 5.43 Å². The maximum atomic E-state index is 12.5. The molecule has 1 aromatic heterocycles. The number of hydrogen-bond donors (Lipinski definition) is 1. The first-order valence-electron chi connectivity index (χ1n) is 10.1. The topological polar surface area (TPSA) is 87.0 Å². The second-order valence-corrected chi connectivity index (χ2v) is 7.91. The molecule has 0 bridgehead atoms. The minimum atomic E-state index is -1.29. The molecule has 0 fully saturated rings. The molecule has 0 aliphatic carbocycles. The van der Waals surface area contributed by atoms with Crippen LogP contribution in [0.5, 0.6) is 11.5 Å². The van der Waals surface area contributed by atoms with Gasteiger partial charge in [0.05, 0.1) is 17.3 Å². The van der Waals surface area contributed by atoms with Gasteiger partial charge >= 0.3 is 5.97 Å². The molecule has 166 valence electrons. The Hall–Kier alpha value is -3.29. The van der Waals surface area contributed by atoms with E-state index in [4.69, 9.17) is 25.8 Å². The molecule has 0 radical (unpaired) electrons. The fourth-order valence-corrected chi connectivity index (χ4v) is 3.80. The van der Waals surface area contributed by atoms with Gasteiger partial charge in [-0.1, -0.05) is 41.4 Å². The molecule has 1 unspecified atom stereocenters. The number of carbonyl (C=O) groups is 1. The number of benzene rings is 2. The molecule has 0 spiro atoms. The highest BCUT2D eigenvalue weighted by Gasteiger charge is 2.29. The van der Waals surface area contributed by atoms with E-state index < -0.39 is 17.6 Å². The summed E-state index contributed by atoms with van der Waals surface area (Å²) in [7, 11) is 1.63. The number of aromatic nitrogens is 1. The molecule has 2 heterocycles. The number of fused-ring (bicyclic) bond motifs is 3. The minimum Gasteiger partial charge on any atom is -0.492 e. The average molecular weight is 456 g/mol. The van der Waals surface area contributed by atoms with Crippen LogP contribution in [0.25, 0.3) is 11.3 Å². The fraction of sp³-hybridized carbons (Fsp3) is 0.250. The Morgan fingerprint density at radius 2 is 1.94 bits per heavy atom. The van der Waals surface area contributed by atoms with E-state index in [1.54, 1.807) is 23.8 Å². The summed E-state index contributed by atoms with van der Waals surface area (Å²) in [6.45, 7) is 2.96. The van der Waals surface area contributed by atoms with Crippen LogP contribution in [0.15, 0.2) is 53.5 Å². The first-order valence-corrected chi connectivity index (χ1v) is 10.4. The molecule has 1 N–H and O–H groups in total. The second kappa shape index (κ2) is 9.06. The van der Waals surface area contributed by atoms with Gasteiger partial charge < -0.3 is 23.9 Å². The first kappa shape index (κ1) is 21.9. The zero-order valence-electron chi connectivity index (χ0n) is 17.6. The van der Waals surface area contributed by atoms with Gasteiger partial charge in [-0.2, -0.15) is 0 Å². The van der Waals surface area contributed by atoms with Crippen molar-refractivity contribution in [2.75, 3.05) is 20.3 Å². The van der Waals surface area contributed by atoms with E-state index in [0.717, 1.165) is 11.1 Å². The van der Waals surface area contributed by atoms with Crippen LogP contribution < -0.4 is 14.9 Å². The Bertz CT molecular complexity index is 1220. The summed E-state index contributed by atoms with van der Waals surface area (Å²) < 4.78 is 18.8. The lowest BCUT2D eigenvalue weighted by molar-refractivity contribution is 0.0693. The van der Waals surface area contributed by atoms with Crippen LogP contribution in [-0.2, 0) is 4.74 Å². The minimum absolute atomic E-state index is 0.331. The number of carboxylic acid groups (broad SMARTS) is 1. The van der Waals surface area contributed by atoms with Crippen LogP contribution in [-0.4, -0.2) is 36.0 Å². The number of ether oxygens (including phenoxy) is 3. The van der Waals surface area contributed by atoms with Gasteiger partial charge in [-0.05, 0) is 13.0 Å². The van der Waals surface area contributed by atoms with E-state index in [2.05, 4.69) is 0 Å². The number of rotatable bonds is 7. The van der Waals surface area contributed by atoms with E-state index in [9.17, 15) is 14.7 Å². The Kier molecular flexibility index (Phi) is 6.21. The third-order valence-corrected chi connectivity index (χ3v) is 5.52. The highest BCUT2D eigenvalue weighted by molar-refractivity contribution is 6.32. The maximum absolute atomic E-state index is 12.5. The van der Waals surface area contributed by atoms with E-state index in [0.29, 0.717) is 47.4 Å². The molecule has 8 heteroatoms. The zero-order chi connectivity index (χ0) is 22.8. The van der Waals surface area contributed by atoms with Crippen molar-refractivity contribution in [3.63, 3.8) is 0 Å². The van der Waals surface area contributed by atoms with Crippen molar-refractivity contribution in [3.8, 4) is 22.8 Å². The van der Waals surface area contributed by atoms with Crippen molar-refractivity contribution in [1.29, 1.82) is 0 Å². The molecule has 0 saturated carbocycles. The largest absolute Gasteiger partial charge is 0.492 e. The van der Waals surface area contributed by atoms with Crippen molar-refractivity contribution in [1.82, 2.24) is 4.57 Å². The molecule has 1 aliphatic rings. The number of nitrogens with zero attached hydrogens (tertiary/aromatic N) is 1. The zero-order valence-corrected chi connectivity index (χ0v) is 18.4. The third kappa shape index (κ3) is 4.22. The smallest absolute Gasteiger partial charge is 0.341 e. The van der Waals surface area contributed by atoms with Crippen LogP contribution in [0.4, 0.5) is 0 Å². The van der Waals surface area contributed by atoms with E-state index in [-0.39, 0.29) is 5.56 Å². The lowest BCUT2D eigenvalue weighted by Crippen LogP contribution is -2.27. The Balaban J connectivity index is 1.83. The van der Waals surface area contributed by atoms with Gasteiger partial charge in [-0.3, -0.25) is 4.79 Å². The fourth-order valence-electron chi connectivity index (χ4n) is 3.59. The molecule has 4 rings (SSSR count). The average Bonchev–Trinajstić information content (AvgIpc) is 2.77. The summed E-state index contributed by atoms with van der Waals surface area (Å²) in [5.74, 6) is -0.345. The van der Waals surface area contributed by atoms with Crippen LogP contribution in [0.1, 0.15) is 34.1 Å². The molecule has 1 atom stereocenters. The molecule has 2 aromatic carbocycles. The van der Waals surface area contributed by atoms with Crippen molar-refractivity contribution in [2.45, 2.75) is 19.6 Å². The van der Waals surface area contributed by atoms with Crippen molar-refractivity contribution >= 4 is 17.6 Å². The Morgan fingerprint density at radius 1 is 1.19 bits per heavy atom. The SMILES string of the molecule is COCCCOc1cc2c(cc1Cl)-c1cc(=O)c(C(=O)O)cn1C(c1ccc(C)cc1)O2. The molecule has 1 aliphatic heterocycles. The van der Waals surface area contributed by atoms with Gasteiger partial charge in [-0.25, -0.2) is 4.79 Å². The van der Waals surface area contributed by atoms with Crippen LogP contribution >= 0.6 is 11.6 Å². The van der Waals surface area contributed by atoms with Gasteiger partial charge in [-0.15, -0.1) is 0 Å². The predicted molar refractivity (Wildman–Crippen MR) is 120 cm³/mol. The lowest BCUT2D eigenvalue weighted by atomic mass is 10.0. The summed E-state index contributed by atoms with van der Waals surface area (Å²) in [6.07, 6.45) is 1.35. The van der Waals surface area contributed by atoms with Crippen LogP contribution in [0.3, 0.4) is 0 Å². The van der Waals surface area contributed by atoms with Crippen molar-refractivity contribution < 1.29 is 24.1 Å². The summed E-state index contributed by atoms with van der Waals surface area (Å²) in [6, 6.07) is 12.4. The van der Waals surface area contributed by atoms with E-state index in [1.807, 2.05) is 31.2 Å². The predicted octanol–water partition coefficient (Wildman–Crippen LogP) is 4.53. The normalized spacial score (nSPS) is 14.3. The number of carboxylic acids is 1. The second-order valence-electron chi connectivity index (χ2n) is 7.50. The number of pyridine rings is 1. The van der Waals surface area contributed by atoms with Crippen molar-refractivity contribution in [2.24, 2.45) is 0 Å². The summed E-state index contributed by atoms with van der Waals surface area (Å²) >= 11 is 6.44. The molecule has 3 aromatic rings. The monoisotopic (exact) mass is 455 g/mol. The highest BCUT2D eigenvalue weighted by atomic mass is 35.5. The third-order valence-electron chi connectivity index (χ3n) is 5.22. The molecular weight excluding hydrogens is 434 g/mol. The van der Waals surface area contributed by atoms with Crippen molar-refractivity contribution in [3.05, 3.63) is 80.6 Å².